The molecule has 0 spiro atoms. The molecule has 1 aromatic rings. The highest BCUT2D eigenvalue weighted by Crippen LogP contribution is 2.34. The standard InChI is InChI=1S/C12H11FN2O3/c1-2-8-6-11(16)14(7-8)10-5-3-4-9(13)12(10)15(17)18/h2-5,8H,1,6-7H2. The average Bonchev–Trinajstić information content (AvgIpc) is 2.69. The summed E-state index contributed by atoms with van der Waals surface area (Å²) < 4.78 is 13.5. The third kappa shape index (κ3) is 1.97. The summed E-state index contributed by atoms with van der Waals surface area (Å²) in [7, 11) is 0. The molecule has 18 heavy (non-hydrogen) atoms. The van der Waals surface area contributed by atoms with E-state index in [0.717, 1.165) is 6.07 Å². The van der Waals surface area contributed by atoms with Gasteiger partial charge in [-0.1, -0.05) is 12.1 Å². The molecule has 6 heteroatoms. The van der Waals surface area contributed by atoms with Gasteiger partial charge in [0.2, 0.25) is 11.7 Å². The topological polar surface area (TPSA) is 63.5 Å². The Hall–Kier alpha value is -2.24. The van der Waals surface area contributed by atoms with Gasteiger partial charge in [0.05, 0.1) is 4.92 Å². The third-order valence-electron chi connectivity index (χ3n) is 2.93. The Morgan fingerprint density at radius 3 is 2.83 bits per heavy atom. The number of carbonyl (C=O) groups is 1. The van der Waals surface area contributed by atoms with Gasteiger partial charge in [0.25, 0.3) is 0 Å². The second kappa shape index (κ2) is 4.56. The molecule has 5 nitrogen and oxygen atoms in total. The van der Waals surface area contributed by atoms with E-state index in [4.69, 9.17) is 0 Å². The fourth-order valence-electron chi connectivity index (χ4n) is 2.03. The van der Waals surface area contributed by atoms with Crippen molar-refractivity contribution >= 4 is 17.3 Å². The minimum absolute atomic E-state index is 0.00866. The van der Waals surface area contributed by atoms with Crippen LogP contribution in [0.1, 0.15) is 6.42 Å². The van der Waals surface area contributed by atoms with Crippen LogP contribution in [0.2, 0.25) is 0 Å². The maximum Gasteiger partial charge on any atom is 0.328 e. The van der Waals surface area contributed by atoms with Crippen molar-refractivity contribution in [2.75, 3.05) is 11.4 Å². The Morgan fingerprint density at radius 2 is 2.28 bits per heavy atom. The van der Waals surface area contributed by atoms with Crippen molar-refractivity contribution in [1.29, 1.82) is 0 Å². The van der Waals surface area contributed by atoms with E-state index < -0.39 is 16.4 Å². The lowest BCUT2D eigenvalue weighted by Crippen LogP contribution is -2.25. The number of nitrogens with zero attached hydrogens (tertiary/aromatic N) is 2. The fourth-order valence-corrected chi connectivity index (χ4v) is 2.03. The number of halogens is 1. The van der Waals surface area contributed by atoms with Crippen LogP contribution in [-0.4, -0.2) is 17.4 Å². The zero-order valence-electron chi connectivity index (χ0n) is 9.51. The molecule has 1 atom stereocenters. The summed E-state index contributed by atoms with van der Waals surface area (Å²) in [6.45, 7) is 3.89. The summed E-state index contributed by atoms with van der Waals surface area (Å²) in [6.07, 6.45) is 1.88. The number of carbonyl (C=O) groups excluding carboxylic acids is 1. The van der Waals surface area contributed by atoms with Gasteiger partial charge in [-0.3, -0.25) is 14.9 Å². The van der Waals surface area contributed by atoms with E-state index >= 15 is 0 Å². The van der Waals surface area contributed by atoms with Crippen molar-refractivity contribution in [3.63, 3.8) is 0 Å². The van der Waals surface area contributed by atoms with Crippen LogP contribution in [0.5, 0.6) is 0 Å². The van der Waals surface area contributed by atoms with Crippen molar-refractivity contribution in [3.8, 4) is 0 Å². The molecule has 0 aliphatic carbocycles. The smallest absolute Gasteiger partial charge is 0.306 e. The van der Waals surface area contributed by atoms with Gasteiger partial charge in [-0.25, -0.2) is 0 Å². The zero-order valence-corrected chi connectivity index (χ0v) is 9.51. The minimum Gasteiger partial charge on any atom is -0.306 e. The van der Waals surface area contributed by atoms with Crippen LogP contribution in [0.25, 0.3) is 0 Å². The van der Waals surface area contributed by atoms with Gasteiger partial charge in [-0.15, -0.1) is 6.58 Å². The first kappa shape index (κ1) is 12.2. The van der Waals surface area contributed by atoms with E-state index in [1.54, 1.807) is 6.08 Å². The van der Waals surface area contributed by atoms with Crippen LogP contribution < -0.4 is 4.90 Å². The molecule has 1 aromatic carbocycles. The molecular formula is C12H11FN2O3. The Kier molecular flexibility index (Phi) is 3.10. The van der Waals surface area contributed by atoms with Gasteiger partial charge in [0, 0.05) is 18.9 Å². The lowest BCUT2D eigenvalue weighted by Gasteiger charge is -2.16. The molecular weight excluding hydrogens is 239 g/mol. The van der Waals surface area contributed by atoms with Crippen LogP contribution in [0.3, 0.4) is 0 Å². The van der Waals surface area contributed by atoms with Crippen LogP contribution in [-0.2, 0) is 4.79 Å². The van der Waals surface area contributed by atoms with Crippen LogP contribution in [0, 0.1) is 21.8 Å². The van der Waals surface area contributed by atoms with Crippen molar-refractivity contribution in [2.45, 2.75) is 6.42 Å². The lowest BCUT2D eigenvalue weighted by atomic mass is 10.1. The number of nitro benzene ring substituents is 1. The van der Waals surface area contributed by atoms with E-state index in [1.165, 1.54) is 17.0 Å². The summed E-state index contributed by atoms with van der Waals surface area (Å²) in [6, 6.07) is 3.74. The maximum atomic E-state index is 13.5. The number of amides is 1. The molecule has 1 unspecified atom stereocenters. The normalized spacial score (nSPS) is 19.1. The Balaban J connectivity index is 2.46. The van der Waals surface area contributed by atoms with Gasteiger partial charge in [-0.05, 0) is 12.1 Å². The van der Waals surface area contributed by atoms with Crippen molar-refractivity contribution in [2.24, 2.45) is 5.92 Å². The van der Waals surface area contributed by atoms with Crippen molar-refractivity contribution in [3.05, 3.63) is 46.8 Å². The Labute approximate surface area is 103 Å². The monoisotopic (exact) mass is 250 g/mol. The predicted octanol–water partition coefficient (Wildman–Crippen LogP) is 2.27. The van der Waals surface area contributed by atoms with Crippen LogP contribution >= 0.6 is 0 Å². The molecule has 1 aliphatic heterocycles. The number of hydrogen-bond acceptors (Lipinski definition) is 3. The fraction of sp³-hybridized carbons (Fsp3) is 0.250. The second-order valence-electron chi connectivity index (χ2n) is 4.07. The van der Waals surface area contributed by atoms with E-state index in [-0.39, 0.29) is 23.9 Å². The van der Waals surface area contributed by atoms with Gasteiger partial charge in [0.1, 0.15) is 5.69 Å². The summed E-state index contributed by atoms with van der Waals surface area (Å²) in [4.78, 5) is 23.1. The highest BCUT2D eigenvalue weighted by atomic mass is 19.1. The molecule has 0 radical (unpaired) electrons. The molecule has 0 saturated carbocycles. The summed E-state index contributed by atoms with van der Waals surface area (Å²) in [5.41, 5.74) is -0.648. The van der Waals surface area contributed by atoms with Crippen molar-refractivity contribution in [1.82, 2.24) is 0 Å². The lowest BCUT2D eigenvalue weighted by molar-refractivity contribution is -0.386. The molecule has 2 rings (SSSR count). The molecule has 1 amide bonds. The van der Waals surface area contributed by atoms with Gasteiger partial charge < -0.3 is 4.90 Å². The number of hydrogen-bond donors (Lipinski definition) is 0. The number of rotatable bonds is 3. The quantitative estimate of drug-likeness (QED) is 0.469. The number of benzene rings is 1. The van der Waals surface area contributed by atoms with E-state index in [2.05, 4.69) is 6.58 Å². The summed E-state index contributed by atoms with van der Waals surface area (Å²) in [5.74, 6) is -1.25. The minimum atomic E-state index is -0.938. The van der Waals surface area contributed by atoms with E-state index in [9.17, 15) is 19.3 Å². The molecule has 1 fully saturated rings. The van der Waals surface area contributed by atoms with Crippen molar-refractivity contribution < 1.29 is 14.1 Å². The molecule has 0 N–H and O–H groups in total. The van der Waals surface area contributed by atoms with Crippen LogP contribution in [0.15, 0.2) is 30.9 Å². The Morgan fingerprint density at radius 1 is 1.56 bits per heavy atom. The SMILES string of the molecule is C=CC1CC(=O)N(c2cccc(F)c2[N+](=O)[O-])C1. The number of anilines is 1. The number of para-hydroxylation sites is 1. The highest BCUT2D eigenvalue weighted by molar-refractivity contribution is 5.98. The van der Waals surface area contributed by atoms with Gasteiger partial charge >= 0.3 is 5.69 Å². The van der Waals surface area contributed by atoms with E-state index in [0.29, 0.717) is 6.54 Å². The maximum absolute atomic E-state index is 13.5. The first-order valence-electron chi connectivity index (χ1n) is 5.40. The number of nitro groups is 1. The molecule has 1 saturated heterocycles. The summed E-state index contributed by atoms with van der Waals surface area (Å²) >= 11 is 0. The molecule has 94 valence electrons. The van der Waals surface area contributed by atoms with Gasteiger partial charge in [0.15, 0.2) is 0 Å². The zero-order chi connectivity index (χ0) is 13.3. The first-order valence-corrected chi connectivity index (χ1v) is 5.40. The molecule has 1 heterocycles. The van der Waals surface area contributed by atoms with Gasteiger partial charge in [-0.2, -0.15) is 4.39 Å². The first-order chi connectivity index (χ1) is 8.54. The second-order valence-corrected chi connectivity index (χ2v) is 4.07. The molecule has 1 aliphatic rings. The Bertz CT molecular complexity index is 530. The third-order valence-corrected chi connectivity index (χ3v) is 2.93. The predicted molar refractivity (Wildman–Crippen MR) is 63.7 cm³/mol. The largest absolute Gasteiger partial charge is 0.328 e. The average molecular weight is 250 g/mol. The van der Waals surface area contributed by atoms with Crippen LogP contribution in [0.4, 0.5) is 15.8 Å². The van der Waals surface area contributed by atoms with E-state index in [1.807, 2.05) is 0 Å². The summed E-state index contributed by atoms with van der Waals surface area (Å²) in [5, 5.41) is 10.9. The molecule has 0 aromatic heterocycles. The molecule has 0 bridgehead atoms. The highest BCUT2D eigenvalue weighted by Gasteiger charge is 2.34.